The van der Waals surface area contributed by atoms with Crippen LogP contribution in [0.4, 0.5) is 4.79 Å². The summed E-state index contributed by atoms with van der Waals surface area (Å²) < 4.78 is 32.8. The molecule has 0 radical (unpaired) electrons. The Morgan fingerprint density at radius 2 is 1.90 bits per heavy atom. The van der Waals surface area contributed by atoms with Crippen LogP contribution in [0, 0.1) is 0 Å². The van der Waals surface area contributed by atoms with E-state index in [1.54, 1.807) is 6.92 Å². The Kier molecular flexibility index (Phi) is 7.98. The van der Waals surface area contributed by atoms with Crippen LogP contribution in [0.25, 0.3) is 0 Å². The van der Waals surface area contributed by atoms with Crippen molar-refractivity contribution < 1.29 is 17.9 Å². The molecule has 0 aromatic carbocycles. The molecule has 1 rings (SSSR count). The van der Waals surface area contributed by atoms with E-state index in [2.05, 4.69) is 4.74 Å². The van der Waals surface area contributed by atoms with E-state index in [1.807, 2.05) is 4.72 Å². The van der Waals surface area contributed by atoms with E-state index < -0.39 is 16.3 Å². The van der Waals surface area contributed by atoms with Crippen molar-refractivity contribution in [2.75, 3.05) is 19.7 Å². The maximum absolute atomic E-state index is 12.4. The summed E-state index contributed by atoms with van der Waals surface area (Å²) in [7, 11) is -3.88. The van der Waals surface area contributed by atoms with Crippen molar-refractivity contribution in [3.8, 4) is 0 Å². The number of amides is 1. The zero-order chi connectivity index (χ0) is 15.7. The van der Waals surface area contributed by atoms with Gasteiger partial charge in [-0.05, 0) is 32.7 Å². The summed E-state index contributed by atoms with van der Waals surface area (Å²) in [6.45, 7) is 2.51. The van der Waals surface area contributed by atoms with Gasteiger partial charge in [0.05, 0.1) is 6.61 Å². The summed E-state index contributed by atoms with van der Waals surface area (Å²) in [6.07, 6.45) is 5.59. The summed E-state index contributed by atoms with van der Waals surface area (Å²) in [5.41, 5.74) is 5.50. The van der Waals surface area contributed by atoms with Crippen LogP contribution < -0.4 is 10.5 Å². The molecule has 1 saturated carbocycles. The lowest BCUT2D eigenvalue weighted by Crippen LogP contribution is -2.49. The van der Waals surface area contributed by atoms with E-state index >= 15 is 0 Å². The Labute approximate surface area is 127 Å². The molecule has 1 amide bonds. The first-order valence-electron chi connectivity index (χ1n) is 7.67. The zero-order valence-corrected chi connectivity index (χ0v) is 13.5. The van der Waals surface area contributed by atoms with E-state index in [0.717, 1.165) is 38.5 Å². The number of nitrogens with one attached hydrogen (secondary N) is 1. The topological polar surface area (TPSA) is 102 Å². The highest BCUT2D eigenvalue weighted by molar-refractivity contribution is 7.87. The maximum Gasteiger partial charge on any atom is 0.421 e. The van der Waals surface area contributed by atoms with Crippen LogP contribution in [0.3, 0.4) is 0 Å². The molecule has 1 aliphatic carbocycles. The second-order valence-electron chi connectivity index (χ2n) is 5.23. The molecule has 0 aromatic rings. The molecule has 7 nitrogen and oxygen atoms in total. The summed E-state index contributed by atoms with van der Waals surface area (Å²) in [4.78, 5) is 11.4. The van der Waals surface area contributed by atoms with E-state index in [0.29, 0.717) is 19.5 Å². The second-order valence-corrected chi connectivity index (χ2v) is 6.85. The van der Waals surface area contributed by atoms with Gasteiger partial charge in [-0.15, -0.1) is 0 Å². The molecule has 0 aliphatic heterocycles. The van der Waals surface area contributed by atoms with Crippen LogP contribution >= 0.6 is 0 Å². The minimum absolute atomic E-state index is 0.0639. The fourth-order valence-corrected chi connectivity index (χ4v) is 3.98. The third-order valence-corrected chi connectivity index (χ3v) is 5.13. The quantitative estimate of drug-likeness (QED) is 0.689. The average molecular weight is 321 g/mol. The molecule has 0 unspecified atom stereocenters. The molecule has 1 fully saturated rings. The Morgan fingerprint density at radius 1 is 1.29 bits per heavy atom. The smallest absolute Gasteiger partial charge is 0.421 e. The van der Waals surface area contributed by atoms with Gasteiger partial charge in [0.1, 0.15) is 0 Å². The fraction of sp³-hybridized carbons (Fsp3) is 0.923. The van der Waals surface area contributed by atoms with Crippen molar-refractivity contribution in [3.63, 3.8) is 0 Å². The van der Waals surface area contributed by atoms with Gasteiger partial charge >= 0.3 is 16.3 Å². The molecule has 8 heteroatoms. The van der Waals surface area contributed by atoms with Crippen molar-refractivity contribution in [2.24, 2.45) is 5.73 Å². The van der Waals surface area contributed by atoms with Crippen molar-refractivity contribution in [1.82, 2.24) is 9.03 Å². The molecule has 1 aliphatic rings. The molecule has 0 aromatic heterocycles. The van der Waals surface area contributed by atoms with Gasteiger partial charge in [0.15, 0.2) is 0 Å². The molecule has 124 valence electrons. The Bertz CT molecular complexity index is 406. The van der Waals surface area contributed by atoms with Gasteiger partial charge in [-0.2, -0.15) is 12.7 Å². The van der Waals surface area contributed by atoms with Crippen LogP contribution in [-0.4, -0.2) is 44.6 Å². The molecular formula is C13H27N3O4S. The third-order valence-electron chi connectivity index (χ3n) is 3.61. The van der Waals surface area contributed by atoms with Gasteiger partial charge in [-0.3, -0.25) is 0 Å². The highest BCUT2D eigenvalue weighted by Crippen LogP contribution is 2.23. The van der Waals surface area contributed by atoms with Gasteiger partial charge < -0.3 is 10.5 Å². The predicted octanol–water partition coefficient (Wildman–Crippen LogP) is 1.35. The monoisotopic (exact) mass is 321 g/mol. The average Bonchev–Trinajstić information content (AvgIpc) is 2.67. The van der Waals surface area contributed by atoms with Crippen LogP contribution in [0.15, 0.2) is 0 Å². The fourth-order valence-electron chi connectivity index (χ4n) is 2.62. The Hall–Kier alpha value is -0.860. The number of carbonyl (C=O) groups is 1. The van der Waals surface area contributed by atoms with Gasteiger partial charge in [0.25, 0.3) is 0 Å². The molecule has 0 atom stereocenters. The van der Waals surface area contributed by atoms with Gasteiger partial charge in [-0.25, -0.2) is 9.52 Å². The lowest BCUT2D eigenvalue weighted by molar-refractivity contribution is 0.157. The SMILES string of the molecule is CCOC(=O)NS(=O)(=O)N(CCCN)C1CCCCCC1. The first kappa shape index (κ1) is 18.2. The van der Waals surface area contributed by atoms with Gasteiger partial charge in [0, 0.05) is 12.6 Å². The summed E-state index contributed by atoms with van der Waals surface area (Å²) in [6, 6.07) is -0.0639. The summed E-state index contributed by atoms with van der Waals surface area (Å²) in [5, 5.41) is 0. The van der Waals surface area contributed by atoms with Crippen molar-refractivity contribution in [1.29, 1.82) is 0 Å². The van der Waals surface area contributed by atoms with E-state index in [-0.39, 0.29) is 12.6 Å². The molecule has 3 N–H and O–H groups in total. The maximum atomic E-state index is 12.4. The summed E-state index contributed by atoms with van der Waals surface area (Å²) in [5.74, 6) is 0. The molecule has 0 heterocycles. The molecule has 0 saturated heterocycles. The Balaban J connectivity index is 2.80. The predicted molar refractivity (Wildman–Crippen MR) is 80.9 cm³/mol. The van der Waals surface area contributed by atoms with Gasteiger partial charge in [-0.1, -0.05) is 25.7 Å². The number of carbonyl (C=O) groups excluding carboxylic acids is 1. The minimum atomic E-state index is -3.88. The highest BCUT2D eigenvalue weighted by atomic mass is 32.2. The second kappa shape index (κ2) is 9.22. The number of nitrogens with zero attached hydrogens (tertiary/aromatic N) is 1. The van der Waals surface area contributed by atoms with Crippen molar-refractivity contribution >= 4 is 16.3 Å². The van der Waals surface area contributed by atoms with Crippen LogP contribution in [0.2, 0.25) is 0 Å². The lowest BCUT2D eigenvalue weighted by atomic mass is 10.1. The number of hydrogen-bond donors (Lipinski definition) is 2. The molecule has 21 heavy (non-hydrogen) atoms. The van der Waals surface area contributed by atoms with Crippen LogP contribution in [-0.2, 0) is 14.9 Å². The minimum Gasteiger partial charge on any atom is -0.449 e. The van der Waals surface area contributed by atoms with E-state index in [9.17, 15) is 13.2 Å². The normalized spacial score (nSPS) is 17.5. The molecule has 0 bridgehead atoms. The lowest BCUT2D eigenvalue weighted by Gasteiger charge is -2.29. The molecular weight excluding hydrogens is 294 g/mol. The number of nitrogens with two attached hydrogens (primary N) is 1. The van der Waals surface area contributed by atoms with Crippen LogP contribution in [0.5, 0.6) is 0 Å². The van der Waals surface area contributed by atoms with Crippen molar-refractivity contribution in [3.05, 3.63) is 0 Å². The molecule has 0 spiro atoms. The number of hydrogen-bond acceptors (Lipinski definition) is 5. The van der Waals surface area contributed by atoms with Crippen molar-refractivity contribution in [2.45, 2.75) is 57.9 Å². The van der Waals surface area contributed by atoms with Crippen LogP contribution in [0.1, 0.15) is 51.9 Å². The third kappa shape index (κ3) is 6.19. The number of rotatable bonds is 7. The number of ether oxygens (including phenoxy) is 1. The zero-order valence-electron chi connectivity index (χ0n) is 12.7. The summed E-state index contributed by atoms with van der Waals surface area (Å²) >= 11 is 0. The van der Waals surface area contributed by atoms with Gasteiger partial charge in [0.2, 0.25) is 0 Å². The highest BCUT2D eigenvalue weighted by Gasteiger charge is 2.31. The standard InChI is InChI=1S/C13H27N3O4S/c1-2-20-13(17)15-21(18,19)16(11-7-10-14)12-8-5-3-4-6-9-12/h12H,2-11,14H2,1H3,(H,15,17). The van der Waals surface area contributed by atoms with E-state index in [4.69, 9.17) is 5.73 Å². The largest absolute Gasteiger partial charge is 0.449 e. The van der Waals surface area contributed by atoms with E-state index in [1.165, 1.54) is 4.31 Å². The Morgan fingerprint density at radius 3 is 2.43 bits per heavy atom. The first-order chi connectivity index (χ1) is 10.0. The first-order valence-corrected chi connectivity index (χ1v) is 9.11.